The highest BCUT2D eigenvalue weighted by atomic mass is 16.1. The SMILES string of the molecule is CC(CCCCN1CCCC1(C)C)(NC1CC1)C(N)=O. The molecule has 4 heteroatoms. The van der Waals surface area contributed by atoms with Crippen molar-refractivity contribution in [1.82, 2.24) is 10.2 Å². The Hall–Kier alpha value is -0.610. The molecule has 1 atom stereocenters. The summed E-state index contributed by atoms with van der Waals surface area (Å²) in [6.45, 7) is 9.00. The molecule has 3 N–H and O–H groups in total. The molecule has 0 aromatic rings. The van der Waals surface area contributed by atoms with E-state index in [4.69, 9.17) is 5.73 Å². The van der Waals surface area contributed by atoms with Crippen LogP contribution in [0.25, 0.3) is 0 Å². The maximum atomic E-state index is 11.7. The van der Waals surface area contributed by atoms with Gasteiger partial charge in [-0.3, -0.25) is 9.69 Å². The molecule has 1 saturated carbocycles. The van der Waals surface area contributed by atoms with Crippen LogP contribution in [0.3, 0.4) is 0 Å². The van der Waals surface area contributed by atoms with Gasteiger partial charge in [0.1, 0.15) is 0 Å². The lowest BCUT2D eigenvalue weighted by Gasteiger charge is -2.32. The van der Waals surface area contributed by atoms with Gasteiger partial charge in [0, 0.05) is 11.6 Å². The smallest absolute Gasteiger partial charge is 0.237 e. The largest absolute Gasteiger partial charge is 0.368 e. The van der Waals surface area contributed by atoms with Crippen molar-refractivity contribution < 1.29 is 4.79 Å². The van der Waals surface area contributed by atoms with Gasteiger partial charge in [0.25, 0.3) is 0 Å². The van der Waals surface area contributed by atoms with Crippen molar-refractivity contribution in [2.75, 3.05) is 13.1 Å². The third-order valence-electron chi connectivity index (χ3n) is 5.07. The molecule has 1 heterocycles. The van der Waals surface area contributed by atoms with Crippen molar-refractivity contribution >= 4 is 5.91 Å². The van der Waals surface area contributed by atoms with Gasteiger partial charge in [0.2, 0.25) is 5.91 Å². The second-order valence-corrected chi connectivity index (χ2v) is 7.48. The molecule has 20 heavy (non-hydrogen) atoms. The number of nitrogens with one attached hydrogen (secondary N) is 1. The third kappa shape index (κ3) is 3.95. The quantitative estimate of drug-likeness (QED) is 0.669. The molecule has 1 aliphatic heterocycles. The minimum Gasteiger partial charge on any atom is -0.368 e. The molecule has 0 aromatic heterocycles. The van der Waals surface area contributed by atoms with Crippen molar-refractivity contribution in [3.05, 3.63) is 0 Å². The van der Waals surface area contributed by atoms with E-state index in [0.717, 1.165) is 25.8 Å². The number of likely N-dealkylation sites (tertiary alicyclic amines) is 1. The van der Waals surface area contributed by atoms with Crippen LogP contribution in [0.4, 0.5) is 0 Å². The Morgan fingerprint density at radius 1 is 1.40 bits per heavy atom. The summed E-state index contributed by atoms with van der Waals surface area (Å²) in [4.78, 5) is 14.3. The summed E-state index contributed by atoms with van der Waals surface area (Å²) in [6.07, 6.45) is 8.05. The van der Waals surface area contributed by atoms with E-state index in [0.29, 0.717) is 11.6 Å². The molecule has 1 aliphatic carbocycles. The molecule has 2 rings (SSSR count). The summed E-state index contributed by atoms with van der Waals surface area (Å²) < 4.78 is 0. The molecule has 0 bridgehead atoms. The zero-order valence-corrected chi connectivity index (χ0v) is 13.4. The molecule has 0 aromatic carbocycles. The van der Waals surface area contributed by atoms with Crippen LogP contribution in [0.15, 0.2) is 0 Å². The molecule has 116 valence electrons. The van der Waals surface area contributed by atoms with Gasteiger partial charge in [0.15, 0.2) is 0 Å². The Labute approximate surface area is 123 Å². The number of hydrogen-bond donors (Lipinski definition) is 2. The Balaban J connectivity index is 1.72. The van der Waals surface area contributed by atoms with E-state index in [-0.39, 0.29) is 5.91 Å². The summed E-state index contributed by atoms with van der Waals surface area (Å²) in [5.74, 6) is -0.203. The zero-order chi connectivity index (χ0) is 14.8. The van der Waals surface area contributed by atoms with E-state index in [1.165, 1.54) is 32.2 Å². The fraction of sp³-hybridized carbons (Fsp3) is 0.938. The molecule has 0 spiro atoms. The molecular weight excluding hydrogens is 250 g/mol. The highest BCUT2D eigenvalue weighted by Crippen LogP contribution is 2.29. The minimum absolute atomic E-state index is 0.203. The van der Waals surface area contributed by atoms with Gasteiger partial charge in [-0.1, -0.05) is 0 Å². The second-order valence-electron chi connectivity index (χ2n) is 7.48. The fourth-order valence-electron chi connectivity index (χ4n) is 3.30. The molecule has 2 fully saturated rings. The van der Waals surface area contributed by atoms with Crippen LogP contribution in [-0.4, -0.2) is 41.0 Å². The number of unbranched alkanes of at least 4 members (excludes halogenated alkanes) is 1. The van der Waals surface area contributed by atoms with Gasteiger partial charge in [-0.05, 0) is 78.8 Å². The molecule has 1 amide bonds. The normalized spacial score (nSPS) is 25.6. The fourth-order valence-corrected chi connectivity index (χ4v) is 3.30. The number of carbonyl (C=O) groups excluding carboxylic acids is 1. The molecule has 0 radical (unpaired) electrons. The van der Waals surface area contributed by atoms with Crippen molar-refractivity contribution in [2.24, 2.45) is 5.73 Å². The first kappa shape index (κ1) is 15.8. The maximum Gasteiger partial charge on any atom is 0.237 e. The summed E-state index contributed by atoms with van der Waals surface area (Å²) in [5, 5.41) is 3.42. The van der Waals surface area contributed by atoms with Crippen LogP contribution in [0.2, 0.25) is 0 Å². The highest BCUT2D eigenvalue weighted by molar-refractivity contribution is 5.84. The standard InChI is InChI=1S/C16H31N3O/c1-15(2)9-6-12-19(15)11-5-4-10-16(3,14(17)20)18-13-7-8-13/h13,18H,4-12H2,1-3H3,(H2,17,20). The van der Waals surface area contributed by atoms with Crippen molar-refractivity contribution in [3.63, 3.8) is 0 Å². The molecule has 1 saturated heterocycles. The van der Waals surface area contributed by atoms with Crippen LogP contribution in [0, 0.1) is 0 Å². The van der Waals surface area contributed by atoms with Gasteiger partial charge in [-0.25, -0.2) is 0 Å². The maximum absolute atomic E-state index is 11.7. The Bertz CT molecular complexity index is 352. The first-order valence-electron chi connectivity index (χ1n) is 8.16. The van der Waals surface area contributed by atoms with Gasteiger partial charge in [0.05, 0.1) is 5.54 Å². The number of rotatable bonds is 8. The van der Waals surface area contributed by atoms with Crippen LogP contribution < -0.4 is 11.1 Å². The van der Waals surface area contributed by atoms with E-state index in [9.17, 15) is 4.79 Å². The number of carbonyl (C=O) groups is 1. The summed E-state index contributed by atoms with van der Waals surface area (Å²) in [7, 11) is 0. The van der Waals surface area contributed by atoms with E-state index in [1.54, 1.807) is 0 Å². The average molecular weight is 281 g/mol. The van der Waals surface area contributed by atoms with Gasteiger partial charge in [-0.15, -0.1) is 0 Å². The number of amides is 1. The van der Waals surface area contributed by atoms with Crippen molar-refractivity contribution in [2.45, 2.75) is 82.8 Å². The molecule has 4 nitrogen and oxygen atoms in total. The zero-order valence-electron chi connectivity index (χ0n) is 13.4. The van der Waals surface area contributed by atoms with Gasteiger partial charge < -0.3 is 11.1 Å². The molecule has 1 unspecified atom stereocenters. The van der Waals surface area contributed by atoms with Crippen LogP contribution in [0.5, 0.6) is 0 Å². The van der Waals surface area contributed by atoms with Gasteiger partial charge >= 0.3 is 0 Å². The van der Waals surface area contributed by atoms with Crippen LogP contribution in [0.1, 0.15) is 65.7 Å². The van der Waals surface area contributed by atoms with E-state index in [1.807, 2.05) is 6.92 Å². The highest BCUT2D eigenvalue weighted by Gasteiger charge is 2.36. The van der Waals surface area contributed by atoms with Gasteiger partial charge in [-0.2, -0.15) is 0 Å². The van der Waals surface area contributed by atoms with E-state index >= 15 is 0 Å². The summed E-state index contributed by atoms with van der Waals surface area (Å²) in [6, 6.07) is 0.519. The molecule has 2 aliphatic rings. The topological polar surface area (TPSA) is 58.4 Å². The lowest BCUT2D eigenvalue weighted by molar-refractivity contribution is -0.124. The lowest BCUT2D eigenvalue weighted by atomic mass is 9.93. The minimum atomic E-state index is -0.512. The average Bonchev–Trinajstić information content (AvgIpc) is 3.09. The van der Waals surface area contributed by atoms with Crippen molar-refractivity contribution in [3.8, 4) is 0 Å². The number of nitrogens with two attached hydrogens (primary N) is 1. The van der Waals surface area contributed by atoms with Crippen LogP contribution >= 0.6 is 0 Å². The lowest BCUT2D eigenvalue weighted by Crippen LogP contribution is -2.54. The number of nitrogens with zero attached hydrogens (tertiary/aromatic N) is 1. The first-order valence-corrected chi connectivity index (χ1v) is 8.16. The van der Waals surface area contributed by atoms with E-state index < -0.39 is 5.54 Å². The van der Waals surface area contributed by atoms with E-state index in [2.05, 4.69) is 24.1 Å². The second kappa shape index (κ2) is 6.02. The Morgan fingerprint density at radius 3 is 2.60 bits per heavy atom. The Kier molecular flexibility index (Phi) is 4.75. The predicted molar refractivity (Wildman–Crippen MR) is 82.5 cm³/mol. The van der Waals surface area contributed by atoms with Crippen molar-refractivity contribution in [1.29, 1.82) is 0 Å². The van der Waals surface area contributed by atoms with Crippen LogP contribution in [-0.2, 0) is 4.79 Å². The number of hydrogen-bond acceptors (Lipinski definition) is 3. The number of primary amides is 1. The third-order valence-corrected chi connectivity index (χ3v) is 5.07. The summed E-state index contributed by atoms with van der Waals surface area (Å²) >= 11 is 0. The Morgan fingerprint density at radius 2 is 2.10 bits per heavy atom. The predicted octanol–water partition coefficient (Wildman–Crippen LogP) is 2.03. The summed E-state index contributed by atoms with van der Waals surface area (Å²) in [5.41, 5.74) is 5.43. The molecular formula is C16H31N3O. The monoisotopic (exact) mass is 281 g/mol. The first-order chi connectivity index (χ1) is 9.33.